The lowest BCUT2D eigenvalue weighted by atomic mass is 9.76. The molecule has 3 fully saturated rings. The molecule has 0 spiro atoms. The highest BCUT2D eigenvalue weighted by Gasteiger charge is 2.44. The van der Waals surface area contributed by atoms with Gasteiger partial charge in [0.15, 0.2) is 0 Å². The highest BCUT2D eigenvalue weighted by molar-refractivity contribution is 5.89. The van der Waals surface area contributed by atoms with Gasteiger partial charge in [0, 0.05) is 18.6 Å². The Balaban J connectivity index is 1.26. The number of carboxylic acids is 1. The summed E-state index contributed by atoms with van der Waals surface area (Å²) in [7, 11) is 0. The lowest BCUT2D eigenvalue weighted by Gasteiger charge is -2.34. The molecule has 1 aliphatic heterocycles. The fraction of sp³-hybridized carbons (Fsp3) is 0.562. The maximum Gasteiger partial charge on any atom is 0.308 e. The van der Waals surface area contributed by atoms with Crippen LogP contribution in [0.4, 0.5) is 0 Å². The van der Waals surface area contributed by atoms with E-state index in [0.717, 1.165) is 69.0 Å². The first-order chi connectivity index (χ1) is 18.0. The molecule has 1 amide bonds. The summed E-state index contributed by atoms with van der Waals surface area (Å²) in [5.74, 6) is -1.24. The standard InChI is InChI=1S/C32H42N2O3/c1-23-7-6-21-34(23)22-18-24-10-12-25(13-11-24)26-14-16-27(17-15-26)32(19-4-5-20-32)31(37)33-29-9-3-2-8-28(29)30(35)36/h10-17,23,28-29H,2-9,18-22H2,1H3,(H,33,37)(H,35,36)/t23?,28-,29-/m1/s1. The number of likely N-dealkylation sites (tertiary alicyclic amines) is 1. The molecule has 0 radical (unpaired) electrons. The molecule has 2 saturated carbocycles. The van der Waals surface area contributed by atoms with Crippen LogP contribution in [0.5, 0.6) is 0 Å². The third-order valence-corrected chi connectivity index (χ3v) is 9.39. The van der Waals surface area contributed by atoms with E-state index in [9.17, 15) is 14.7 Å². The number of nitrogens with zero attached hydrogens (tertiary/aromatic N) is 1. The van der Waals surface area contributed by atoms with Gasteiger partial charge in [-0.25, -0.2) is 0 Å². The Morgan fingerprint density at radius 2 is 1.54 bits per heavy atom. The first-order valence-electron chi connectivity index (χ1n) is 14.4. The van der Waals surface area contributed by atoms with E-state index in [2.05, 4.69) is 65.7 Å². The van der Waals surface area contributed by atoms with Crippen molar-refractivity contribution in [3.8, 4) is 11.1 Å². The van der Waals surface area contributed by atoms with Gasteiger partial charge < -0.3 is 15.3 Å². The first-order valence-corrected chi connectivity index (χ1v) is 14.4. The molecule has 0 bridgehead atoms. The number of amides is 1. The number of nitrogens with one attached hydrogen (secondary N) is 1. The van der Waals surface area contributed by atoms with Crippen molar-refractivity contribution < 1.29 is 14.7 Å². The van der Waals surface area contributed by atoms with E-state index in [1.165, 1.54) is 30.5 Å². The normalized spacial score (nSPS) is 25.7. The van der Waals surface area contributed by atoms with Crippen molar-refractivity contribution in [1.82, 2.24) is 10.2 Å². The summed E-state index contributed by atoms with van der Waals surface area (Å²) in [4.78, 5) is 28.0. The minimum absolute atomic E-state index is 0.0209. The van der Waals surface area contributed by atoms with Gasteiger partial charge in [-0.15, -0.1) is 0 Å². The lowest BCUT2D eigenvalue weighted by molar-refractivity contribution is -0.144. The van der Waals surface area contributed by atoms with Crippen LogP contribution >= 0.6 is 0 Å². The fourth-order valence-electron chi connectivity index (χ4n) is 6.97. The highest BCUT2D eigenvalue weighted by atomic mass is 16.4. The summed E-state index contributed by atoms with van der Waals surface area (Å²) < 4.78 is 0. The van der Waals surface area contributed by atoms with Crippen LogP contribution in [0.3, 0.4) is 0 Å². The molecule has 1 unspecified atom stereocenters. The zero-order valence-corrected chi connectivity index (χ0v) is 22.3. The van der Waals surface area contributed by atoms with Crippen molar-refractivity contribution >= 4 is 11.9 Å². The van der Waals surface area contributed by atoms with Gasteiger partial charge in [0.2, 0.25) is 5.91 Å². The molecule has 3 aliphatic rings. The minimum atomic E-state index is -0.786. The fourth-order valence-corrected chi connectivity index (χ4v) is 6.97. The molecule has 1 heterocycles. The molecule has 2 aromatic carbocycles. The quantitative estimate of drug-likeness (QED) is 0.468. The van der Waals surface area contributed by atoms with E-state index in [1.54, 1.807) is 0 Å². The van der Waals surface area contributed by atoms with Crippen molar-refractivity contribution in [1.29, 1.82) is 0 Å². The number of hydrogen-bond acceptors (Lipinski definition) is 3. The Bertz CT molecular complexity index is 1070. The highest BCUT2D eigenvalue weighted by Crippen LogP contribution is 2.42. The average Bonchev–Trinajstić information content (AvgIpc) is 3.58. The molecule has 2 N–H and O–H groups in total. The predicted molar refractivity (Wildman–Crippen MR) is 148 cm³/mol. The van der Waals surface area contributed by atoms with Crippen molar-refractivity contribution in [2.75, 3.05) is 13.1 Å². The number of rotatable bonds is 8. The van der Waals surface area contributed by atoms with Gasteiger partial charge >= 0.3 is 5.97 Å². The van der Waals surface area contributed by atoms with E-state index in [1.807, 2.05) is 0 Å². The largest absolute Gasteiger partial charge is 0.481 e. The van der Waals surface area contributed by atoms with Gasteiger partial charge in [-0.3, -0.25) is 9.59 Å². The molecule has 3 atom stereocenters. The second-order valence-corrected chi connectivity index (χ2v) is 11.6. The lowest BCUT2D eigenvalue weighted by Crippen LogP contribution is -2.51. The van der Waals surface area contributed by atoms with Crippen molar-refractivity contribution in [3.05, 3.63) is 59.7 Å². The maximum atomic E-state index is 13.7. The Kier molecular flexibility index (Phi) is 7.99. The summed E-state index contributed by atoms with van der Waals surface area (Å²) in [6, 6.07) is 17.9. The smallest absolute Gasteiger partial charge is 0.308 e. The molecule has 198 valence electrons. The van der Waals surface area contributed by atoms with E-state index >= 15 is 0 Å². The van der Waals surface area contributed by atoms with Crippen LogP contribution in [0.2, 0.25) is 0 Å². The predicted octanol–water partition coefficient (Wildman–Crippen LogP) is 5.95. The topological polar surface area (TPSA) is 69.6 Å². The van der Waals surface area contributed by atoms with Crippen molar-refractivity contribution in [2.24, 2.45) is 5.92 Å². The first kappa shape index (κ1) is 26.0. The van der Waals surface area contributed by atoms with Gasteiger partial charge in [-0.1, -0.05) is 74.2 Å². The monoisotopic (exact) mass is 502 g/mol. The van der Waals surface area contributed by atoms with Gasteiger partial charge in [0.05, 0.1) is 11.3 Å². The number of carbonyl (C=O) groups excluding carboxylic acids is 1. The summed E-state index contributed by atoms with van der Waals surface area (Å²) >= 11 is 0. The molecule has 2 aromatic rings. The van der Waals surface area contributed by atoms with Crippen LogP contribution in [-0.2, 0) is 21.4 Å². The minimum Gasteiger partial charge on any atom is -0.481 e. The average molecular weight is 503 g/mol. The Morgan fingerprint density at radius 3 is 2.16 bits per heavy atom. The van der Waals surface area contributed by atoms with Crippen LogP contribution in [0, 0.1) is 5.92 Å². The van der Waals surface area contributed by atoms with E-state index in [4.69, 9.17) is 0 Å². The summed E-state index contributed by atoms with van der Waals surface area (Å²) in [5, 5.41) is 12.9. The second kappa shape index (κ2) is 11.4. The zero-order chi connectivity index (χ0) is 25.8. The van der Waals surface area contributed by atoms with Gasteiger partial charge in [-0.2, -0.15) is 0 Å². The number of carbonyl (C=O) groups is 2. The van der Waals surface area contributed by atoms with Crippen LogP contribution in [0.15, 0.2) is 48.5 Å². The van der Waals surface area contributed by atoms with Crippen molar-refractivity contribution in [2.45, 2.75) is 95.1 Å². The number of carboxylic acid groups (broad SMARTS) is 1. The van der Waals surface area contributed by atoms with Crippen LogP contribution in [-0.4, -0.2) is 47.1 Å². The van der Waals surface area contributed by atoms with E-state index in [-0.39, 0.29) is 11.9 Å². The van der Waals surface area contributed by atoms with Crippen LogP contribution < -0.4 is 5.32 Å². The molecule has 2 aliphatic carbocycles. The molecule has 0 aromatic heterocycles. The molecule has 1 saturated heterocycles. The molecule has 37 heavy (non-hydrogen) atoms. The second-order valence-electron chi connectivity index (χ2n) is 11.6. The SMILES string of the molecule is CC1CCCN1CCc1ccc(-c2ccc(C3(C(=O)N[C@@H]4CCCC[C@H]4C(=O)O)CCCC3)cc2)cc1. The summed E-state index contributed by atoms with van der Waals surface area (Å²) in [5.41, 5.74) is 4.25. The van der Waals surface area contributed by atoms with Gasteiger partial charge in [0.1, 0.15) is 0 Å². The van der Waals surface area contributed by atoms with Gasteiger partial charge in [0.25, 0.3) is 0 Å². The van der Waals surface area contributed by atoms with E-state index in [0.29, 0.717) is 12.5 Å². The molecule has 5 nitrogen and oxygen atoms in total. The Hall–Kier alpha value is -2.66. The molecular formula is C32H42N2O3. The van der Waals surface area contributed by atoms with E-state index < -0.39 is 17.3 Å². The number of benzene rings is 2. The molecule has 5 heteroatoms. The summed E-state index contributed by atoms with van der Waals surface area (Å²) in [6.45, 7) is 4.70. The molecular weight excluding hydrogens is 460 g/mol. The Morgan fingerprint density at radius 1 is 0.892 bits per heavy atom. The molecule has 5 rings (SSSR count). The number of aliphatic carboxylic acids is 1. The zero-order valence-electron chi connectivity index (χ0n) is 22.3. The Labute approximate surface area is 221 Å². The van der Waals surface area contributed by atoms with Crippen molar-refractivity contribution in [3.63, 3.8) is 0 Å². The van der Waals surface area contributed by atoms with Crippen LogP contribution in [0.1, 0.15) is 82.3 Å². The number of hydrogen-bond donors (Lipinski definition) is 2. The maximum absolute atomic E-state index is 13.7. The van der Waals surface area contributed by atoms with Crippen LogP contribution in [0.25, 0.3) is 11.1 Å². The third kappa shape index (κ3) is 5.62. The van der Waals surface area contributed by atoms with Gasteiger partial charge in [-0.05, 0) is 80.7 Å². The summed E-state index contributed by atoms with van der Waals surface area (Å²) in [6.07, 6.45) is 10.7. The third-order valence-electron chi connectivity index (χ3n) is 9.39.